The van der Waals surface area contributed by atoms with E-state index in [0.717, 1.165) is 23.8 Å². The molecule has 1 fully saturated rings. The zero-order chi connectivity index (χ0) is 12.8. The van der Waals surface area contributed by atoms with E-state index in [9.17, 15) is 4.79 Å². The quantitative estimate of drug-likeness (QED) is 0.805. The summed E-state index contributed by atoms with van der Waals surface area (Å²) < 4.78 is 0. The highest BCUT2D eigenvalue weighted by Crippen LogP contribution is 2.26. The van der Waals surface area contributed by atoms with Crippen molar-refractivity contribution in [3.05, 3.63) is 28.0 Å². The van der Waals surface area contributed by atoms with E-state index in [1.165, 1.54) is 30.6 Å². The molecule has 1 aliphatic carbocycles. The van der Waals surface area contributed by atoms with Gasteiger partial charge in [0.05, 0.1) is 0 Å². The lowest BCUT2D eigenvalue weighted by molar-refractivity contribution is -0.116. The third-order valence-corrected chi connectivity index (χ3v) is 4.45. The van der Waals surface area contributed by atoms with Gasteiger partial charge in [0, 0.05) is 22.4 Å². The maximum absolute atomic E-state index is 11.6. The number of amides is 1. The highest BCUT2D eigenvalue weighted by atomic mass is 32.1. The van der Waals surface area contributed by atoms with E-state index in [-0.39, 0.29) is 5.91 Å². The minimum atomic E-state index is 0.0269. The van der Waals surface area contributed by atoms with Crippen LogP contribution in [-0.4, -0.2) is 12.5 Å². The summed E-state index contributed by atoms with van der Waals surface area (Å²) in [6.07, 6.45) is 10.1. The van der Waals surface area contributed by atoms with Gasteiger partial charge in [-0.05, 0) is 37.5 Å². The molecular weight excluding hydrogens is 242 g/mol. The molecule has 0 aliphatic heterocycles. The number of hydrogen-bond donors (Lipinski definition) is 1. The number of carbonyl (C=O) groups excluding carboxylic acids is 1. The molecule has 1 aliphatic rings. The van der Waals surface area contributed by atoms with Gasteiger partial charge in [-0.1, -0.05) is 25.7 Å². The summed E-state index contributed by atoms with van der Waals surface area (Å²) in [5.41, 5.74) is 0. The van der Waals surface area contributed by atoms with E-state index < -0.39 is 0 Å². The van der Waals surface area contributed by atoms with Crippen molar-refractivity contribution in [2.24, 2.45) is 5.92 Å². The minimum Gasteiger partial charge on any atom is -0.353 e. The lowest BCUT2D eigenvalue weighted by Crippen LogP contribution is -2.23. The van der Waals surface area contributed by atoms with Gasteiger partial charge in [-0.3, -0.25) is 4.79 Å². The third kappa shape index (κ3) is 4.30. The van der Waals surface area contributed by atoms with Crippen LogP contribution in [0.2, 0.25) is 0 Å². The van der Waals surface area contributed by atoms with Gasteiger partial charge >= 0.3 is 0 Å². The predicted octanol–water partition coefficient (Wildman–Crippen LogP) is 3.77. The van der Waals surface area contributed by atoms with E-state index in [1.807, 2.05) is 12.1 Å². The molecule has 1 aromatic rings. The van der Waals surface area contributed by atoms with Gasteiger partial charge in [-0.15, -0.1) is 11.3 Å². The van der Waals surface area contributed by atoms with Crippen LogP contribution < -0.4 is 5.32 Å². The average Bonchev–Trinajstić information content (AvgIpc) is 2.98. The van der Waals surface area contributed by atoms with Crippen LogP contribution >= 0.6 is 11.3 Å². The molecule has 1 amide bonds. The maximum atomic E-state index is 11.6. The summed E-state index contributed by atoms with van der Waals surface area (Å²) in [4.78, 5) is 14.0. The number of carbonyl (C=O) groups is 1. The normalized spacial score (nSPS) is 16.5. The second kappa shape index (κ2) is 6.74. The molecule has 98 valence electrons. The molecule has 1 aromatic heterocycles. The van der Waals surface area contributed by atoms with Crippen molar-refractivity contribution in [3.63, 3.8) is 0 Å². The lowest BCUT2D eigenvalue weighted by Gasteiger charge is -2.08. The molecule has 0 aromatic carbocycles. The van der Waals surface area contributed by atoms with Gasteiger partial charge in [0.1, 0.15) is 0 Å². The fraction of sp³-hybridized carbons (Fsp3) is 0.533. The molecule has 18 heavy (non-hydrogen) atoms. The largest absolute Gasteiger partial charge is 0.353 e. The van der Waals surface area contributed by atoms with Crippen molar-refractivity contribution in [1.29, 1.82) is 0 Å². The van der Waals surface area contributed by atoms with Crippen LogP contribution in [-0.2, 0) is 4.79 Å². The smallest absolute Gasteiger partial charge is 0.244 e. The molecule has 0 atom stereocenters. The molecule has 0 saturated heterocycles. The maximum Gasteiger partial charge on any atom is 0.244 e. The van der Waals surface area contributed by atoms with E-state index in [0.29, 0.717) is 0 Å². The second-order valence-electron chi connectivity index (χ2n) is 5.01. The summed E-state index contributed by atoms with van der Waals surface area (Å²) in [6.45, 7) is 2.89. The minimum absolute atomic E-state index is 0.0269. The Morgan fingerprint density at radius 1 is 1.44 bits per heavy atom. The first-order valence-electron chi connectivity index (χ1n) is 6.76. The van der Waals surface area contributed by atoms with E-state index in [2.05, 4.69) is 18.3 Å². The monoisotopic (exact) mass is 263 g/mol. The fourth-order valence-corrected chi connectivity index (χ4v) is 3.24. The molecule has 2 nitrogen and oxygen atoms in total. The standard InChI is InChI=1S/C15H21NOS/c1-12-6-7-14(18-12)8-9-15(17)16-11-10-13-4-2-3-5-13/h6-9,13H,2-5,10-11H2,1H3,(H,16,17)/b9-8+. The Morgan fingerprint density at radius 3 is 2.89 bits per heavy atom. The summed E-state index contributed by atoms with van der Waals surface area (Å²) >= 11 is 1.71. The highest BCUT2D eigenvalue weighted by Gasteiger charge is 2.14. The van der Waals surface area contributed by atoms with Crippen molar-refractivity contribution < 1.29 is 4.79 Å². The number of rotatable bonds is 5. The Labute approximate surface area is 113 Å². The first-order valence-corrected chi connectivity index (χ1v) is 7.58. The van der Waals surface area contributed by atoms with Crippen LogP contribution in [0.1, 0.15) is 41.9 Å². The fourth-order valence-electron chi connectivity index (χ4n) is 2.46. The molecule has 0 unspecified atom stereocenters. The van der Waals surface area contributed by atoms with Crippen LogP contribution in [0, 0.1) is 12.8 Å². The highest BCUT2D eigenvalue weighted by molar-refractivity contribution is 7.12. The summed E-state index contributed by atoms with van der Waals surface area (Å²) in [7, 11) is 0. The van der Waals surface area contributed by atoms with Crippen molar-refractivity contribution in [2.45, 2.75) is 39.0 Å². The van der Waals surface area contributed by atoms with Crippen LogP contribution in [0.15, 0.2) is 18.2 Å². The van der Waals surface area contributed by atoms with Gasteiger partial charge in [-0.25, -0.2) is 0 Å². The van der Waals surface area contributed by atoms with Gasteiger partial charge in [0.15, 0.2) is 0 Å². The van der Waals surface area contributed by atoms with E-state index >= 15 is 0 Å². The lowest BCUT2D eigenvalue weighted by atomic mass is 10.0. The summed E-state index contributed by atoms with van der Waals surface area (Å²) in [6, 6.07) is 4.12. The topological polar surface area (TPSA) is 29.1 Å². The Balaban J connectivity index is 1.66. The van der Waals surface area contributed by atoms with Gasteiger partial charge in [0.2, 0.25) is 5.91 Å². The zero-order valence-corrected chi connectivity index (χ0v) is 11.8. The number of aryl methyl sites for hydroxylation is 1. The van der Waals surface area contributed by atoms with Crippen molar-refractivity contribution in [3.8, 4) is 0 Å². The SMILES string of the molecule is Cc1ccc(/C=C/C(=O)NCCC2CCCC2)s1. The molecule has 2 rings (SSSR count). The molecule has 1 saturated carbocycles. The van der Waals surface area contributed by atoms with E-state index in [1.54, 1.807) is 17.4 Å². The molecule has 0 bridgehead atoms. The number of thiophene rings is 1. The zero-order valence-electron chi connectivity index (χ0n) is 10.9. The van der Waals surface area contributed by atoms with Gasteiger partial charge in [0.25, 0.3) is 0 Å². The van der Waals surface area contributed by atoms with Crippen molar-refractivity contribution in [1.82, 2.24) is 5.32 Å². The number of nitrogens with one attached hydrogen (secondary N) is 1. The Morgan fingerprint density at radius 2 is 2.22 bits per heavy atom. The molecule has 0 radical (unpaired) electrons. The van der Waals surface area contributed by atoms with Crippen molar-refractivity contribution in [2.75, 3.05) is 6.54 Å². The Hall–Kier alpha value is -1.09. The molecular formula is C15H21NOS. The van der Waals surface area contributed by atoms with Crippen LogP contribution in [0.3, 0.4) is 0 Å². The third-order valence-electron chi connectivity index (χ3n) is 3.49. The Bertz CT molecular complexity index is 416. The number of hydrogen-bond acceptors (Lipinski definition) is 2. The first kappa shape index (κ1) is 13.3. The van der Waals surface area contributed by atoms with Crippen molar-refractivity contribution >= 4 is 23.3 Å². The second-order valence-corrected chi connectivity index (χ2v) is 6.33. The van der Waals surface area contributed by atoms with Crippen LogP contribution in [0.4, 0.5) is 0 Å². The van der Waals surface area contributed by atoms with Crippen LogP contribution in [0.5, 0.6) is 0 Å². The summed E-state index contributed by atoms with van der Waals surface area (Å²) in [5.74, 6) is 0.869. The first-order chi connectivity index (χ1) is 8.74. The van der Waals surface area contributed by atoms with E-state index in [4.69, 9.17) is 0 Å². The van der Waals surface area contributed by atoms with Crippen LogP contribution in [0.25, 0.3) is 6.08 Å². The van der Waals surface area contributed by atoms with Gasteiger partial charge in [-0.2, -0.15) is 0 Å². The van der Waals surface area contributed by atoms with Gasteiger partial charge < -0.3 is 5.32 Å². The average molecular weight is 263 g/mol. The Kier molecular flexibility index (Phi) is 5.00. The summed E-state index contributed by atoms with van der Waals surface area (Å²) in [5, 5.41) is 2.97. The molecule has 3 heteroatoms. The molecule has 1 N–H and O–H groups in total. The molecule has 0 spiro atoms. The predicted molar refractivity (Wildman–Crippen MR) is 77.7 cm³/mol. The molecule has 1 heterocycles.